The summed E-state index contributed by atoms with van der Waals surface area (Å²) in [6.07, 6.45) is -2.41. The molecule has 0 aromatic heterocycles. The summed E-state index contributed by atoms with van der Waals surface area (Å²) in [6.45, 7) is 3.70. The summed E-state index contributed by atoms with van der Waals surface area (Å²) in [5.41, 5.74) is 5.71. The summed E-state index contributed by atoms with van der Waals surface area (Å²) in [6, 6.07) is -0.0917. The van der Waals surface area contributed by atoms with Crippen LogP contribution in [0.15, 0.2) is 0 Å². The minimum atomic E-state index is -2.49. The van der Waals surface area contributed by atoms with Gasteiger partial charge < -0.3 is 15.8 Å². The van der Waals surface area contributed by atoms with Gasteiger partial charge in [-0.15, -0.1) is 0 Å². The highest BCUT2D eigenvalue weighted by Crippen LogP contribution is 1.97. The molecule has 3 N–H and O–H groups in total. The lowest BCUT2D eigenvalue weighted by atomic mass is 10.1. The number of amides is 1. The van der Waals surface area contributed by atoms with Gasteiger partial charge in [0.2, 0.25) is 5.91 Å². The highest BCUT2D eigenvalue weighted by atomic mass is 19.3. The standard InChI is InChI=1S/C10H20F2N2O2/c1-7(2)8(13)5-14-10(15)3-4-16-6-9(11)12/h7-9H,3-6,13H2,1-2H3,(H,14,15). The lowest BCUT2D eigenvalue weighted by Crippen LogP contribution is -2.40. The summed E-state index contributed by atoms with van der Waals surface area (Å²) < 4.78 is 27.9. The number of rotatable bonds is 8. The Kier molecular flexibility index (Phi) is 8.01. The number of hydrogen-bond acceptors (Lipinski definition) is 3. The Labute approximate surface area is 94.5 Å². The first-order chi connectivity index (χ1) is 7.43. The van der Waals surface area contributed by atoms with Gasteiger partial charge in [0.25, 0.3) is 6.43 Å². The molecule has 1 unspecified atom stereocenters. The fourth-order valence-corrected chi connectivity index (χ4v) is 0.893. The second kappa shape index (κ2) is 8.41. The van der Waals surface area contributed by atoms with E-state index in [1.165, 1.54) is 0 Å². The topological polar surface area (TPSA) is 64.3 Å². The molecule has 6 heteroatoms. The predicted molar refractivity (Wildman–Crippen MR) is 57.3 cm³/mol. The van der Waals surface area contributed by atoms with Crippen LogP contribution in [0.5, 0.6) is 0 Å². The third-order valence-electron chi connectivity index (χ3n) is 2.11. The van der Waals surface area contributed by atoms with E-state index in [2.05, 4.69) is 10.1 Å². The van der Waals surface area contributed by atoms with Crippen LogP contribution < -0.4 is 11.1 Å². The molecule has 96 valence electrons. The zero-order valence-corrected chi connectivity index (χ0v) is 9.71. The van der Waals surface area contributed by atoms with Gasteiger partial charge in [0.05, 0.1) is 6.61 Å². The Hall–Kier alpha value is -0.750. The zero-order valence-electron chi connectivity index (χ0n) is 9.71. The van der Waals surface area contributed by atoms with Crippen molar-refractivity contribution < 1.29 is 18.3 Å². The van der Waals surface area contributed by atoms with E-state index in [0.29, 0.717) is 6.54 Å². The van der Waals surface area contributed by atoms with Crippen LogP contribution in [0.25, 0.3) is 0 Å². The quantitative estimate of drug-likeness (QED) is 0.613. The van der Waals surface area contributed by atoms with Gasteiger partial charge in [0.1, 0.15) is 6.61 Å². The van der Waals surface area contributed by atoms with E-state index in [1.807, 2.05) is 13.8 Å². The van der Waals surface area contributed by atoms with E-state index in [4.69, 9.17) is 5.73 Å². The van der Waals surface area contributed by atoms with Crippen molar-refractivity contribution in [3.05, 3.63) is 0 Å². The second-order valence-electron chi connectivity index (χ2n) is 3.93. The van der Waals surface area contributed by atoms with Crippen LogP contribution in [0.3, 0.4) is 0 Å². The summed E-state index contributed by atoms with van der Waals surface area (Å²) in [5.74, 6) is 0.0562. The van der Waals surface area contributed by atoms with E-state index in [1.54, 1.807) is 0 Å². The van der Waals surface area contributed by atoms with Crippen LogP contribution in [0.4, 0.5) is 8.78 Å². The normalized spacial score (nSPS) is 13.2. The van der Waals surface area contributed by atoms with E-state index < -0.39 is 13.0 Å². The fraction of sp³-hybridized carbons (Fsp3) is 0.900. The number of ether oxygens (including phenoxy) is 1. The van der Waals surface area contributed by atoms with Crippen LogP contribution >= 0.6 is 0 Å². The zero-order chi connectivity index (χ0) is 12.6. The molecule has 0 aliphatic rings. The fourth-order valence-electron chi connectivity index (χ4n) is 0.893. The molecule has 4 nitrogen and oxygen atoms in total. The van der Waals surface area contributed by atoms with Crippen molar-refractivity contribution in [2.45, 2.75) is 32.7 Å². The minimum absolute atomic E-state index is 0.00703. The minimum Gasteiger partial charge on any atom is -0.375 e. The van der Waals surface area contributed by atoms with Crippen LogP contribution in [0.2, 0.25) is 0 Å². The van der Waals surface area contributed by atoms with Crippen LogP contribution in [-0.4, -0.2) is 38.1 Å². The third-order valence-corrected chi connectivity index (χ3v) is 2.11. The summed E-state index contributed by atoms with van der Waals surface area (Å²) in [4.78, 5) is 11.2. The van der Waals surface area contributed by atoms with Gasteiger partial charge in [-0.2, -0.15) is 0 Å². The highest BCUT2D eigenvalue weighted by Gasteiger charge is 2.09. The van der Waals surface area contributed by atoms with Gasteiger partial charge in [-0.25, -0.2) is 8.78 Å². The number of nitrogens with two attached hydrogens (primary N) is 1. The molecule has 0 aromatic carbocycles. The molecular weight excluding hydrogens is 218 g/mol. The average Bonchev–Trinajstić information content (AvgIpc) is 2.20. The van der Waals surface area contributed by atoms with E-state index in [0.717, 1.165) is 0 Å². The Morgan fingerprint density at radius 3 is 2.56 bits per heavy atom. The van der Waals surface area contributed by atoms with Crippen LogP contribution in [0.1, 0.15) is 20.3 Å². The van der Waals surface area contributed by atoms with Crippen molar-refractivity contribution in [3.8, 4) is 0 Å². The van der Waals surface area contributed by atoms with Gasteiger partial charge in [0, 0.05) is 19.0 Å². The van der Waals surface area contributed by atoms with Crippen molar-refractivity contribution in [2.75, 3.05) is 19.8 Å². The first-order valence-corrected chi connectivity index (χ1v) is 5.31. The van der Waals surface area contributed by atoms with Crippen molar-refractivity contribution in [1.29, 1.82) is 0 Å². The number of nitrogens with one attached hydrogen (secondary N) is 1. The second-order valence-corrected chi connectivity index (χ2v) is 3.93. The average molecular weight is 238 g/mol. The lowest BCUT2D eigenvalue weighted by Gasteiger charge is -2.16. The first-order valence-electron chi connectivity index (χ1n) is 5.31. The number of carbonyl (C=O) groups is 1. The van der Waals surface area contributed by atoms with Crippen molar-refractivity contribution in [2.24, 2.45) is 11.7 Å². The van der Waals surface area contributed by atoms with E-state index in [9.17, 15) is 13.6 Å². The Bertz CT molecular complexity index is 201. The first kappa shape index (κ1) is 15.2. The molecule has 0 radical (unpaired) electrons. The molecule has 1 atom stereocenters. The number of carbonyl (C=O) groups excluding carboxylic acids is 1. The predicted octanol–water partition coefficient (Wildman–Crippen LogP) is 0.758. The largest absolute Gasteiger partial charge is 0.375 e. The maximum absolute atomic E-state index is 11.7. The van der Waals surface area contributed by atoms with Crippen LogP contribution in [-0.2, 0) is 9.53 Å². The van der Waals surface area contributed by atoms with Gasteiger partial charge >= 0.3 is 0 Å². The monoisotopic (exact) mass is 238 g/mol. The molecular formula is C10H20F2N2O2. The van der Waals surface area contributed by atoms with Crippen LogP contribution in [0, 0.1) is 5.92 Å². The molecule has 0 aromatic rings. The number of alkyl halides is 2. The van der Waals surface area contributed by atoms with Crippen molar-refractivity contribution in [3.63, 3.8) is 0 Å². The number of halogens is 2. The molecule has 0 bridgehead atoms. The highest BCUT2D eigenvalue weighted by molar-refractivity contribution is 5.75. The molecule has 16 heavy (non-hydrogen) atoms. The van der Waals surface area contributed by atoms with Crippen molar-refractivity contribution in [1.82, 2.24) is 5.32 Å². The van der Waals surface area contributed by atoms with Crippen molar-refractivity contribution >= 4 is 5.91 Å². The van der Waals surface area contributed by atoms with Gasteiger partial charge in [-0.05, 0) is 5.92 Å². The number of hydrogen-bond donors (Lipinski definition) is 2. The molecule has 0 aliphatic heterocycles. The third kappa shape index (κ3) is 8.55. The van der Waals surface area contributed by atoms with Gasteiger partial charge in [0.15, 0.2) is 0 Å². The summed E-state index contributed by atoms with van der Waals surface area (Å²) in [5, 5.41) is 2.62. The summed E-state index contributed by atoms with van der Waals surface area (Å²) >= 11 is 0. The Morgan fingerprint density at radius 2 is 2.06 bits per heavy atom. The molecule has 1 amide bonds. The van der Waals surface area contributed by atoms with Gasteiger partial charge in [-0.3, -0.25) is 4.79 Å². The van der Waals surface area contributed by atoms with Gasteiger partial charge in [-0.1, -0.05) is 13.8 Å². The maximum atomic E-state index is 11.7. The maximum Gasteiger partial charge on any atom is 0.261 e. The molecule has 0 spiro atoms. The smallest absolute Gasteiger partial charge is 0.261 e. The lowest BCUT2D eigenvalue weighted by molar-refractivity contribution is -0.122. The Morgan fingerprint density at radius 1 is 1.44 bits per heavy atom. The molecule has 0 aliphatic carbocycles. The molecule has 0 fully saturated rings. The molecule has 0 heterocycles. The Balaban J connectivity index is 3.45. The molecule has 0 saturated heterocycles. The van der Waals surface area contributed by atoms with E-state index >= 15 is 0 Å². The molecule has 0 rings (SSSR count). The SMILES string of the molecule is CC(C)C(N)CNC(=O)CCOCC(F)F. The molecule has 0 saturated carbocycles. The summed E-state index contributed by atoms with van der Waals surface area (Å²) in [7, 11) is 0. The van der Waals surface area contributed by atoms with E-state index in [-0.39, 0.29) is 30.9 Å².